The first kappa shape index (κ1) is 10.7. The summed E-state index contributed by atoms with van der Waals surface area (Å²) in [6, 6.07) is 3.58. The van der Waals surface area contributed by atoms with Gasteiger partial charge in [-0.05, 0) is 12.1 Å². The van der Waals surface area contributed by atoms with Crippen LogP contribution in [0, 0.1) is 0 Å². The van der Waals surface area contributed by atoms with Gasteiger partial charge in [0, 0.05) is 5.75 Å². The van der Waals surface area contributed by atoms with Gasteiger partial charge in [-0.15, -0.1) is 23.1 Å². The topological polar surface area (TPSA) is 57.5 Å². The van der Waals surface area contributed by atoms with Crippen molar-refractivity contribution in [3.63, 3.8) is 0 Å². The molecule has 1 unspecified atom stereocenters. The highest BCUT2D eigenvalue weighted by Gasteiger charge is 2.04. The molecule has 0 saturated carbocycles. The Balaban J connectivity index is 2.40. The molecule has 5 heteroatoms. The average molecular weight is 218 g/mol. The fourth-order valence-electron chi connectivity index (χ4n) is 0.706. The van der Waals surface area contributed by atoms with Gasteiger partial charge in [0.15, 0.2) is 6.29 Å². The van der Waals surface area contributed by atoms with Gasteiger partial charge >= 0.3 is 0 Å². The van der Waals surface area contributed by atoms with Crippen LogP contribution in [0.2, 0.25) is 0 Å². The van der Waals surface area contributed by atoms with Crippen molar-refractivity contribution in [1.82, 2.24) is 0 Å². The molecule has 1 aromatic heterocycles. The van der Waals surface area contributed by atoms with Crippen molar-refractivity contribution in [3.8, 4) is 0 Å². The van der Waals surface area contributed by atoms with Gasteiger partial charge in [-0.25, -0.2) is 0 Å². The fourth-order valence-corrected chi connectivity index (χ4v) is 2.61. The zero-order valence-corrected chi connectivity index (χ0v) is 8.48. The summed E-state index contributed by atoms with van der Waals surface area (Å²) in [7, 11) is 0. The molecule has 3 nitrogen and oxygen atoms in total. The average Bonchev–Trinajstić information content (AvgIpc) is 2.61. The van der Waals surface area contributed by atoms with Crippen molar-refractivity contribution < 1.29 is 15.0 Å². The highest BCUT2D eigenvalue weighted by molar-refractivity contribution is 8.01. The number of hydrogen-bond acceptors (Lipinski definition) is 5. The lowest BCUT2D eigenvalue weighted by Crippen LogP contribution is -2.14. The van der Waals surface area contributed by atoms with Crippen molar-refractivity contribution in [2.75, 3.05) is 12.4 Å². The molecule has 1 atom stereocenters. The van der Waals surface area contributed by atoms with Crippen LogP contribution in [0.25, 0.3) is 0 Å². The minimum atomic E-state index is -0.688. The normalized spacial score (nSPS) is 12.8. The van der Waals surface area contributed by atoms with E-state index in [0.29, 0.717) is 10.6 Å². The predicted octanol–water partition coefficient (Wildman–Crippen LogP) is 1.01. The van der Waals surface area contributed by atoms with Gasteiger partial charge in [0.25, 0.3) is 0 Å². The van der Waals surface area contributed by atoms with Crippen LogP contribution in [0.3, 0.4) is 0 Å². The second kappa shape index (κ2) is 5.39. The van der Waals surface area contributed by atoms with Gasteiger partial charge in [-0.1, -0.05) is 0 Å². The van der Waals surface area contributed by atoms with Crippen molar-refractivity contribution >= 4 is 29.4 Å². The first-order valence-corrected chi connectivity index (χ1v) is 5.53. The summed E-state index contributed by atoms with van der Waals surface area (Å²) in [5.74, 6) is 0.454. The van der Waals surface area contributed by atoms with Crippen LogP contribution in [0.4, 0.5) is 0 Å². The number of aldehydes is 1. The molecule has 1 rings (SSSR count). The van der Waals surface area contributed by atoms with Gasteiger partial charge in [-0.3, -0.25) is 4.79 Å². The highest BCUT2D eigenvalue weighted by atomic mass is 32.2. The Kier molecular flexibility index (Phi) is 4.44. The summed E-state index contributed by atoms with van der Waals surface area (Å²) in [6.45, 7) is -0.223. The monoisotopic (exact) mass is 218 g/mol. The van der Waals surface area contributed by atoms with Crippen LogP contribution in [-0.4, -0.2) is 35.0 Å². The maximum atomic E-state index is 10.3. The van der Waals surface area contributed by atoms with E-state index in [1.165, 1.54) is 23.1 Å². The molecule has 0 aromatic carbocycles. The lowest BCUT2D eigenvalue weighted by Gasteiger charge is -2.03. The van der Waals surface area contributed by atoms with E-state index >= 15 is 0 Å². The summed E-state index contributed by atoms with van der Waals surface area (Å²) in [6.07, 6.45) is 0.115. The van der Waals surface area contributed by atoms with Gasteiger partial charge < -0.3 is 10.2 Å². The number of carbonyl (C=O) groups is 1. The van der Waals surface area contributed by atoms with Crippen LogP contribution in [0.1, 0.15) is 9.67 Å². The number of thiophene rings is 1. The molecule has 0 radical (unpaired) electrons. The molecular formula is C8H10O3S2. The molecular weight excluding hydrogens is 208 g/mol. The lowest BCUT2D eigenvalue weighted by atomic mass is 10.4. The fraction of sp³-hybridized carbons (Fsp3) is 0.375. The second-order valence-electron chi connectivity index (χ2n) is 2.42. The van der Waals surface area contributed by atoms with Crippen LogP contribution in [0.15, 0.2) is 16.3 Å². The third-order valence-electron chi connectivity index (χ3n) is 1.35. The molecule has 13 heavy (non-hydrogen) atoms. The summed E-state index contributed by atoms with van der Waals surface area (Å²) in [4.78, 5) is 11.0. The van der Waals surface area contributed by atoms with E-state index in [-0.39, 0.29) is 6.61 Å². The van der Waals surface area contributed by atoms with E-state index in [9.17, 15) is 4.79 Å². The number of aliphatic hydroxyl groups is 2. The zero-order chi connectivity index (χ0) is 9.68. The molecule has 0 aliphatic heterocycles. The molecule has 0 aliphatic carbocycles. The van der Waals surface area contributed by atoms with Gasteiger partial charge in [0.2, 0.25) is 0 Å². The predicted molar refractivity (Wildman–Crippen MR) is 53.5 cm³/mol. The largest absolute Gasteiger partial charge is 0.394 e. The minimum Gasteiger partial charge on any atom is -0.394 e. The standard InChI is InChI=1S/C8H10O3S2/c9-3-6(11)5-12-8-2-1-7(4-10)13-8/h1-2,4,6,9,11H,3,5H2. The Morgan fingerprint density at radius 1 is 1.62 bits per heavy atom. The molecule has 0 aliphatic rings. The summed E-state index contributed by atoms with van der Waals surface area (Å²) in [5.41, 5.74) is 0. The molecule has 0 bridgehead atoms. The number of rotatable bonds is 5. The summed E-state index contributed by atoms with van der Waals surface area (Å²) in [5, 5.41) is 17.6. The Hall–Kier alpha value is -0.360. The van der Waals surface area contributed by atoms with E-state index in [2.05, 4.69) is 0 Å². The third kappa shape index (κ3) is 3.48. The van der Waals surface area contributed by atoms with E-state index < -0.39 is 6.10 Å². The van der Waals surface area contributed by atoms with Crippen molar-refractivity contribution in [2.24, 2.45) is 0 Å². The Labute approximate surface area is 84.4 Å². The molecule has 0 amide bonds. The van der Waals surface area contributed by atoms with E-state index in [0.717, 1.165) is 10.5 Å². The molecule has 2 N–H and O–H groups in total. The highest BCUT2D eigenvalue weighted by Crippen LogP contribution is 2.26. The number of carbonyl (C=O) groups excluding carboxylic acids is 1. The smallest absolute Gasteiger partial charge is 0.160 e. The Morgan fingerprint density at radius 2 is 2.38 bits per heavy atom. The van der Waals surface area contributed by atoms with E-state index in [1.807, 2.05) is 6.07 Å². The first-order chi connectivity index (χ1) is 6.26. The molecule has 0 fully saturated rings. The van der Waals surface area contributed by atoms with Crippen molar-refractivity contribution in [2.45, 2.75) is 10.3 Å². The third-order valence-corrected chi connectivity index (χ3v) is 3.73. The molecule has 0 spiro atoms. The quantitative estimate of drug-likeness (QED) is 0.572. The first-order valence-electron chi connectivity index (χ1n) is 3.73. The minimum absolute atomic E-state index is 0.223. The maximum Gasteiger partial charge on any atom is 0.160 e. The van der Waals surface area contributed by atoms with Crippen LogP contribution in [0.5, 0.6) is 0 Å². The second-order valence-corrected chi connectivity index (χ2v) is 4.86. The SMILES string of the molecule is O=Cc1ccc(SCC(O)CO)s1. The van der Waals surface area contributed by atoms with Crippen LogP contribution < -0.4 is 0 Å². The lowest BCUT2D eigenvalue weighted by molar-refractivity contribution is 0.112. The van der Waals surface area contributed by atoms with Gasteiger partial charge in [0.05, 0.1) is 21.8 Å². The molecule has 72 valence electrons. The molecule has 1 heterocycles. The Bertz CT molecular complexity index is 272. The van der Waals surface area contributed by atoms with Gasteiger partial charge in [0.1, 0.15) is 0 Å². The number of aliphatic hydroxyl groups excluding tert-OH is 2. The van der Waals surface area contributed by atoms with Crippen LogP contribution in [-0.2, 0) is 0 Å². The van der Waals surface area contributed by atoms with E-state index in [4.69, 9.17) is 10.2 Å². The van der Waals surface area contributed by atoms with Crippen molar-refractivity contribution in [1.29, 1.82) is 0 Å². The number of thioether (sulfide) groups is 1. The van der Waals surface area contributed by atoms with Crippen LogP contribution >= 0.6 is 23.1 Å². The summed E-state index contributed by atoms with van der Waals surface area (Å²) < 4.78 is 0.981. The molecule has 0 saturated heterocycles. The zero-order valence-electron chi connectivity index (χ0n) is 6.84. The maximum absolute atomic E-state index is 10.3. The summed E-state index contributed by atoms with van der Waals surface area (Å²) >= 11 is 2.83. The van der Waals surface area contributed by atoms with Crippen molar-refractivity contribution in [3.05, 3.63) is 17.0 Å². The number of hydrogen-bond donors (Lipinski definition) is 2. The molecule has 1 aromatic rings. The van der Waals surface area contributed by atoms with Gasteiger partial charge in [-0.2, -0.15) is 0 Å². The van der Waals surface area contributed by atoms with E-state index in [1.54, 1.807) is 6.07 Å². The Morgan fingerprint density at radius 3 is 2.92 bits per heavy atom.